The maximum atomic E-state index is 12.5. The molecule has 1 heterocycles. The van der Waals surface area contributed by atoms with Gasteiger partial charge in [0.1, 0.15) is 0 Å². The molecule has 1 aliphatic rings. The number of rotatable bonds is 6. The molecule has 1 saturated heterocycles. The van der Waals surface area contributed by atoms with Crippen LogP contribution in [0.1, 0.15) is 30.9 Å². The second-order valence-corrected chi connectivity index (χ2v) is 8.25. The zero-order valence-electron chi connectivity index (χ0n) is 14.9. The number of aryl methyl sites for hydroxylation is 1. The van der Waals surface area contributed by atoms with Crippen LogP contribution in [-0.2, 0) is 27.7 Å². The summed E-state index contributed by atoms with van der Waals surface area (Å²) in [6.45, 7) is 3.71. The Morgan fingerprint density at radius 2 is 1.54 bits per heavy atom. The van der Waals surface area contributed by atoms with E-state index < -0.39 is 10.0 Å². The Morgan fingerprint density at radius 3 is 2.12 bits per heavy atom. The number of carbonyl (C=O) groups is 1. The van der Waals surface area contributed by atoms with Crippen molar-refractivity contribution in [2.45, 2.75) is 37.5 Å². The van der Waals surface area contributed by atoms with Crippen LogP contribution >= 0.6 is 0 Å². The van der Waals surface area contributed by atoms with E-state index in [1.807, 2.05) is 24.0 Å². The van der Waals surface area contributed by atoms with E-state index in [2.05, 4.69) is 4.72 Å². The number of hydrogen-bond donors (Lipinski definition) is 1. The van der Waals surface area contributed by atoms with Gasteiger partial charge >= 0.3 is 0 Å². The number of sulfonamides is 1. The van der Waals surface area contributed by atoms with Gasteiger partial charge in [0.2, 0.25) is 5.91 Å². The van der Waals surface area contributed by atoms with Gasteiger partial charge in [-0.05, 0) is 54.7 Å². The van der Waals surface area contributed by atoms with Gasteiger partial charge in [0.05, 0.1) is 11.3 Å². The number of hydrogen-bond acceptors (Lipinski definition) is 3. The lowest BCUT2D eigenvalue weighted by Gasteiger charge is -2.15. The lowest BCUT2D eigenvalue weighted by molar-refractivity contribution is -0.129. The first kappa shape index (κ1) is 18.5. The number of nitrogens with one attached hydrogen (secondary N) is 1. The topological polar surface area (TPSA) is 66.5 Å². The normalized spacial score (nSPS) is 14.4. The molecule has 0 radical (unpaired) electrons. The molecule has 3 rings (SSSR count). The number of carbonyl (C=O) groups excluding carboxylic acids is 1. The van der Waals surface area contributed by atoms with Crippen LogP contribution < -0.4 is 4.72 Å². The van der Waals surface area contributed by atoms with E-state index in [0.29, 0.717) is 12.1 Å². The van der Waals surface area contributed by atoms with E-state index in [4.69, 9.17) is 0 Å². The quantitative estimate of drug-likeness (QED) is 0.847. The average molecular weight is 372 g/mol. The van der Waals surface area contributed by atoms with Gasteiger partial charge in [0.15, 0.2) is 0 Å². The minimum atomic E-state index is -3.61. The summed E-state index contributed by atoms with van der Waals surface area (Å²) in [5.74, 6) is 0.131. The van der Waals surface area contributed by atoms with Crippen molar-refractivity contribution in [3.63, 3.8) is 0 Å². The Bertz CT molecular complexity index is 853. The Labute approximate surface area is 155 Å². The maximum absolute atomic E-state index is 12.5. The Balaban J connectivity index is 1.65. The lowest BCUT2D eigenvalue weighted by atomic mass is 10.1. The third-order valence-corrected chi connectivity index (χ3v) is 6.06. The van der Waals surface area contributed by atoms with Crippen LogP contribution in [-0.4, -0.2) is 32.3 Å². The number of anilines is 1. The minimum absolute atomic E-state index is 0.131. The second-order valence-electron chi connectivity index (χ2n) is 6.56. The van der Waals surface area contributed by atoms with Crippen molar-refractivity contribution in [3.05, 3.63) is 59.7 Å². The number of benzene rings is 2. The third-order valence-electron chi connectivity index (χ3n) is 4.66. The van der Waals surface area contributed by atoms with Gasteiger partial charge in [0.25, 0.3) is 10.0 Å². The summed E-state index contributed by atoms with van der Waals surface area (Å²) in [7, 11) is -3.61. The minimum Gasteiger partial charge on any atom is -0.342 e. The van der Waals surface area contributed by atoms with Crippen molar-refractivity contribution in [3.8, 4) is 0 Å². The first-order valence-corrected chi connectivity index (χ1v) is 10.4. The molecule has 0 saturated carbocycles. The first-order valence-electron chi connectivity index (χ1n) is 8.96. The zero-order valence-corrected chi connectivity index (χ0v) is 15.8. The summed E-state index contributed by atoms with van der Waals surface area (Å²) in [6, 6.07) is 13.9. The number of nitrogens with zero attached hydrogens (tertiary/aromatic N) is 1. The molecule has 2 aromatic rings. The first-order chi connectivity index (χ1) is 12.5. The molecule has 1 aliphatic heterocycles. The van der Waals surface area contributed by atoms with Gasteiger partial charge in [0, 0.05) is 18.8 Å². The monoisotopic (exact) mass is 372 g/mol. The van der Waals surface area contributed by atoms with Crippen molar-refractivity contribution in [2.75, 3.05) is 17.8 Å². The fourth-order valence-electron chi connectivity index (χ4n) is 3.06. The van der Waals surface area contributed by atoms with Gasteiger partial charge in [-0.15, -0.1) is 0 Å². The predicted octanol–water partition coefficient (Wildman–Crippen LogP) is 3.21. The van der Waals surface area contributed by atoms with Gasteiger partial charge in [-0.3, -0.25) is 9.52 Å². The molecule has 0 aromatic heterocycles. The highest BCUT2D eigenvalue weighted by Crippen LogP contribution is 2.18. The van der Waals surface area contributed by atoms with Gasteiger partial charge in [-0.2, -0.15) is 0 Å². The fourth-order valence-corrected chi connectivity index (χ4v) is 4.12. The molecule has 6 heteroatoms. The van der Waals surface area contributed by atoms with E-state index in [9.17, 15) is 13.2 Å². The average Bonchev–Trinajstić information content (AvgIpc) is 3.18. The van der Waals surface area contributed by atoms with Crippen molar-refractivity contribution < 1.29 is 13.2 Å². The molecule has 0 unspecified atom stereocenters. The molecule has 0 bridgehead atoms. The van der Waals surface area contributed by atoms with E-state index in [0.717, 1.165) is 43.5 Å². The van der Waals surface area contributed by atoms with Crippen LogP contribution in [0.15, 0.2) is 53.4 Å². The highest BCUT2D eigenvalue weighted by atomic mass is 32.2. The van der Waals surface area contributed by atoms with Gasteiger partial charge in [-0.25, -0.2) is 8.42 Å². The number of amides is 1. The lowest BCUT2D eigenvalue weighted by Crippen LogP contribution is -2.29. The fraction of sp³-hybridized carbons (Fsp3) is 0.350. The highest BCUT2D eigenvalue weighted by Gasteiger charge is 2.18. The zero-order chi connectivity index (χ0) is 18.6. The van der Waals surface area contributed by atoms with Crippen LogP contribution in [0.5, 0.6) is 0 Å². The van der Waals surface area contributed by atoms with Crippen molar-refractivity contribution in [1.29, 1.82) is 0 Å². The summed E-state index contributed by atoms with van der Waals surface area (Å²) >= 11 is 0. The maximum Gasteiger partial charge on any atom is 0.261 e. The smallest absolute Gasteiger partial charge is 0.261 e. The second kappa shape index (κ2) is 7.91. The molecule has 0 atom stereocenters. The Kier molecular flexibility index (Phi) is 5.61. The molecule has 0 spiro atoms. The van der Waals surface area contributed by atoms with Gasteiger partial charge in [-0.1, -0.05) is 31.2 Å². The SMILES string of the molecule is CCc1ccc(S(=O)(=O)Nc2ccc(CC(=O)N3CCCC3)cc2)cc1. The van der Waals surface area contributed by atoms with E-state index in [1.165, 1.54) is 0 Å². The largest absolute Gasteiger partial charge is 0.342 e. The number of likely N-dealkylation sites (tertiary alicyclic amines) is 1. The van der Waals surface area contributed by atoms with Crippen molar-refractivity contribution in [1.82, 2.24) is 4.90 Å². The molecular formula is C20H24N2O3S. The van der Waals surface area contributed by atoms with E-state index >= 15 is 0 Å². The molecule has 138 valence electrons. The van der Waals surface area contributed by atoms with E-state index in [-0.39, 0.29) is 10.8 Å². The summed E-state index contributed by atoms with van der Waals surface area (Å²) in [5, 5.41) is 0. The van der Waals surface area contributed by atoms with Crippen LogP contribution in [0.25, 0.3) is 0 Å². The summed E-state index contributed by atoms with van der Waals surface area (Å²) in [5.41, 5.74) is 2.47. The molecule has 5 nitrogen and oxygen atoms in total. The molecule has 2 aromatic carbocycles. The third kappa shape index (κ3) is 4.43. The van der Waals surface area contributed by atoms with Crippen LogP contribution in [0.2, 0.25) is 0 Å². The van der Waals surface area contributed by atoms with E-state index in [1.54, 1.807) is 36.4 Å². The molecule has 1 amide bonds. The summed E-state index contributed by atoms with van der Waals surface area (Å²) < 4.78 is 27.5. The molecule has 0 aliphatic carbocycles. The van der Waals surface area contributed by atoms with Gasteiger partial charge < -0.3 is 4.90 Å². The van der Waals surface area contributed by atoms with Crippen LogP contribution in [0, 0.1) is 0 Å². The van der Waals surface area contributed by atoms with Crippen molar-refractivity contribution >= 4 is 21.6 Å². The molecule has 26 heavy (non-hydrogen) atoms. The highest BCUT2D eigenvalue weighted by molar-refractivity contribution is 7.92. The molecular weight excluding hydrogens is 348 g/mol. The Morgan fingerprint density at radius 1 is 0.962 bits per heavy atom. The summed E-state index contributed by atoms with van der Waals surface area (Å²) in [6.07, 6.45) is 3.37. The standard InChI is InChI=1S/C20H24N2O3S/c1-2-16-7-11-19(12-8-16)26(24,25)21-18-9-5-17(6-10-18)15-20(23)22-13-3-4-14-22/h5-12,21H,2-4,13-15H2,1H3. The van der Waals surface area contributed by atoms with Crippen LogP contribution in [0.4, 0.5) is 5.69 Å². The summed E-state index contributed by atoms with van der Waals surface area (Å²) in [4.78, 5) is 14.3. The van der Waals surface area contributed by atoms with Crippen molar-refractivity contribution in [2.24, 2.45) is 0 Å². The van der Waals surface area contributed by atoms with Crippen LogP contribution in [0.3, 0.4) is 0 Å². The molecule has 1 fully saturated rings. The predicted molar refractivity (Wildman–Crippen MR) is 103 cm³/mol. The Hall–Kier alpha value is -2.34. The molecule has 1 N–H and O–H groups in total.